The highest BCUT2D eigenvalue weighted by Gasteiger charge is 2.45. The molecule has 1 saturated carbocycles. The van der Waals surface area contributed by atoms with E-state index in [0.717, 1.165) is 19.3 Å². The number of ether oxygens (including phenoxy) is 1. The number of aliphatic hydroxyl groups excluding tert-OH is 1. The van der Waals surface area contributed by atoms with Crippen molar-refractivity contribution < 1.29 is 14.6 Å². The normalized spacial score (nSPS) is 29.1. The van der Waals surface area contributed by atoms with Crippen LogP contribution in [-0.2, 0) is 9.53 Å². The monoisotopic (exact) mass is 296 g/mol. The molecule has 0 saturated heterocycles. The Kier molecular flexibility index (Phi) is 6.45. The Labute approximate surface area is 129 Å². The quantitative estimate of drug-likeness (QED) is 0.439. The lowest BCUT2D eigenvalue weighted by Crippen LogP contribution is -2.29. The standard InChI is InChI=1S/C18H32O3/c1-7-8-9-21-17(20)13(3)16(19)11-15-10-12(2)14(4)18(15,5)6/h12,14-16,19H,3,7-11H2,1-2,4-6H3. The molecule has 0 spiro atoms. The van der Waals surface area contributed by atoms with Gasteiger partial charge in [0.1, 0.15) is 0 Å². The van der Waals surface area contributed by atoms with Crippen molar-refractivity contribution in [3.8, 4) is 0 Å². The average Bonchev–Trinajstić information content (AvgIpc) is 2.61. The van der Waals surface area contributed by atoms with Crippen LogP contribution in [0.5, 0.6) is 0 Å². The van der Waals surface area contributed by atoms with E-state index < -0.39 is 12.1 Å². The summed E-state index contributed by atoms with van der Waals surface area (Å²) in [6.07, 6.45) is 2.74. The lowest BCUT2D eigenvalue weighted by atomic mass is 9.73. The molecule has 1 aliphatic carbocycles. The molecule has 1 N–H and O–H groups in total. The molecule has 3 nitrogen and oxygen atoms in total. The van der Waals surface area contributed by atoms with E-state index in [1.165, 1.54) is 0 Å². The van der Waals surface area contributed by atoms with E-state index in [-0.39, 0.29) is 11.0 Å². The Morgan fingerprint density at radius 2 is 2.05 bits per heavy atom. The van der Waals surface area contributed by atoms with E-state index in [0.29, 0.717) is 30.8 Å². The van der Waals surface area contributed by atoms with E-state index in [1.807, 2.05) is 6.92 Å². The van der Waals surface area contributed by atoms with Crippen molar-refractivity contribution in [3.63, 3.8) is 0 Å². The fourth-order valence-electron chi connectivity index (χ4n) is 3.41. The van der Waals surface area contributed by atoms with Crippen LogP contribution in [0.1, 0.15) is 60.3 Å². The maximum atomic E-state index is 11.8. The molecule has 4 unspecified atom stereocenters. The minimum Gasteiger partial charge on any atom is -0.462 e. The third-order valence-electron chi connectivity index (χ3n) is 5.64. The SMILES string of the molecule is C=C(C(=O)OCCCC)C(O)CC1CC(C)C(C)C1(C)C. The van der Waals surface area contributed by atoms with Crippen LogP contribution >= 0.6 is 0 Å². The van der Waals surface area contributed by atoms with Crippen molar-refractivity contribution in [2.75, 3.05) is 6.61 Å². The van der Waals surface area contributed by atoms with Gasteiger partial charge in [0.15, 0.2) is 0 Å². The minimum atomic E-state index is -0.791. The fourth-order valence-corrected chi connectivity index (χ4v) is 3.41. The summed E-state index contributed by atoms with van der Waals surface area (Å²) in [5.41, 5.74) is 0.390. The number of unbranched alkanes of at least 4 members (excludes halogenated alkanes) is 1. The molecule has 0 aliphatic heterocycles. The molecule has 0 heterocycles. The first-order valence-electron chi connectivity index (χ1n) is 8.25. The van der Waals surface area contributed by atoms with Crippen molar-refractivity contribution in [3.05, 3.63) is 12.2 Å². The number of hydrogen-bond acceptors (Lipinski definition) is 3. The maximum absolute atomic E-state index is 11.8. The van der Waals surface area contributed by atoms with Gasteiger partial charge in [-0.2, -0.15) is 0 Å². The first-order chi connectivity index (χ1) is 9.71. The van der Waals surface area contributed by atoms with Gasteiger partial charge in [0.05, 0.1) is 18.3 Å². The van der Waals surface area contributed by atoms with Crippen molar-refractivity contribution in [1.82, 2.24) is 0 Å². The van der Waals surface area contributed by atoms with E-state index in [2.05, 4.69) is 34.3 Å². The number of carbonyl (C=O) groups is 1. The smallest absolute Gasteiger partial charge is 0.336 e. The van der Waals surface area contributed by atoms with Crippen LogP contribution in [0, 0.1) is 23.2 Å². The van der Waals surface area contributed by atoms with Crippen LogP contribution in [0.3, 0.4) is 0 Å². The Hall–Kier alpha value is -0.830. The maximum Gasteiger partial charge on any atom is 0.336 e. The summed E-state index contributed by atoms with van der Waals surface area (Å²) in [7, 11) is 0. The highest BCUT2D eigenvalue weighted by atomic mass is 16.5. The summed E-state index contributed by atoms with van der Waals surface area (Å²) in [6.45, 7) is 15.3. The van der Waals surface area contributed by atoms with Gasteiger partial charge in [0.2, 0.25) is 0 Å². The first kappa shape index (κ1) is 18.2. The fraction of sp³-hybridized carbons (Fsp3) is 0.833. The van der Waals surface area contributed by atoms with Crippen LogP contribution in [0.2, 0.25) is 0 Å². The van der Waals surface area contributed by atoms with Crippen LogP contribution in [0.15, 0.2) is 12.2 Å². The summed E-state index contributed by atoms with van der Waals surface area (Å²) >= 11 is 0. The molecule has 21 heavy (non-hydrogen) atoms. The van der Waals surface area contributed by atoms with Gasteiger partial charge >= 0.3 is 5.97 Å². The van der Waals surface area contributed by atoms with Gasteiger partial charge < -0.3 is 9.84 Å². The second-order valence-electron chi connectivity index (χ2n) is 7.29. The Balaban J connectivity index is 2.54. The van der Waals surface area contributed by atoms with Crippen molar-refractivity contribution in [2.45, 2.75) is 66.4 Å². The predicted octanol–water partition coefficient (Wildman–Crippen LogP) is 3.96. The number of carbonyl (C=O) groups excluding carboxylic acids is 1. The molecule has 1 fully saturated rings. The summed E-state index contributed by atoms with van der Waals surface area (Å²) in [5, 5.41) is 10.3. The predicted molar refractivity (Wildman–Crippen MR) is 85.8 cm³/mol. The van der Waals surface area contributed by atoms with E-state index in [1.54, 1.807) is 0 Å². The van der Waals surface area contributed by atoms with E-state index in [9.17, 15) is 9.90 Å². The Morgan fingerprint density at radius 3 is 2.52 bits per heavy atom. The number of esters is 1. The first-order valence-corrected chi connectivity index (χ1v) is 8.25. The third kappa shape index (κ3) is 4.32. The molecule has 0 bridgehead atoms. The van der Waals surface area contributed by atoms with E-state index in [4.69, 9.17) is 4.74 Å². The molecule has 0 amide bonds. The van der Waals surface area contributed by atoms with Crippen LogP contribution in [-0.4, -0.2) is 23.8 Å². The number of rotatable bonds is 7. The van der Waals surface area contributed by atoms with Crippen molar-refractivity contribution in [1.29, 1.82) is 0 Å². The summed E-state index contributed by atoms with van der Waals surface area (Å²) in [6, 6.07) is 0. The average molecular weight is 296 g/mol. The van der Waals surface area contributed by atoms with Crippen molar-refractivity contribution >= 4 is 5.97 Å². The molecular weight excluding hydrogens is 264 g/mol. The van der Waals surface area contributed by atoms with Gasteiger partial charge in [-0.15, -0.1) is 0 Å². The molecule has 4 atom stereocenters. The zero-order valence-electron chi connectivity index (χ0n) is 14.3. The van der Waals surface area contributed by atoms with Gasteiger partial charge in [-0.05, 0) is 42.4 Å². The van der Waals surface area contributed by atoms with Crippen LogP contribution < -0.4 is 0 Å². The molecule has 0 radical (unpaired) electrons. The summed E-state index contributed by atoms with van der Waals surface area (Å²) in [5.74, 6) is 1.24. The molecule has 0 aromatic heterocycles. The van der Waals surface area contributed by atoms with Crippen molar-refractivity contribution in [2.24, 2.45) is 23.2 Å². The highest BCUT2D eigenvalue weighted by Crippen LogP contribution is 2.52. The van der Waals surface area contributed by atoms with Gasteiger partial charge in [-0.25, -0.2) is 4.79 Å². The second kappa shape index (κ2) is 7.44. The summed E-state index contributed by atoms with van der Waals surface area (Å²) in [4.78, 5) is 11.8. The van der Waals surface area contributed by atoms with Gasteiger partial charge in [0, 0.05) is 0 Å². The largest absolute Gasteiger partial charge is 0.462 e. The third-order valence-corrected chi connectivity index (χ3v) is 5.64. The molecule has 1 rings (SSSR count). The highest BCUT2D eigenvalue weighted by molar-refractivity contribution is 5.88. The second-order valence-corrected chi connectivity index (χ2v) is 7.29. The number of aliphatic hydroxyl groups is 1. The molecule has 1 aliphatic rings. The topological polar surface area (TPSA) is 46.5 Å². The number of hydrogen-bond donors (Lipinski definition) is 1. The molecule has 122 valence electrons. The Bertz CT molecular complexity index is 373. The zero-order valence-corrected chi connectivity index (χ0v) is 14.3. The van der Waals surface area contributed by atoms with Gasteiger partial charge in [-0.1, -0.05) is 47.6 Å². The molecular formula is C18H32O3. The van der Waals surface area contributed by atoms with Gasteiger partial charge in [0.25, 0.3) is 0 Å². The van der Waals surface area contributed by atoms with Gasteiger partial charge in [-0.3, -0.25) is 0 Å². The van der Waals surface area contributed by atoms with Crippen LogP contribution in [0.25, 0.3) is 0 Å². The lowest BCUT2D eigenvalue weighted by Gasteiger charge is -2.33. The lowest BCUT2D eigenvalue weighted by molar-refractivity contribution is -0.140. The van der Waals surface area contributed by atoms with E-state index >= 15 is 0 Å². The minimum absolute atomic E-state index is 0.187. The summed E-state index contributed by atoms with van der Waals surface area (Å²) < 4.78 is 5.13. The molecule has 0 aromatic rings. The zero-order chi connectivity index (χ0) is 16.2. The Morgan fingerprint density at radius 1 is 1.43 bits per heavy atom. The molecule has 0 aromatic carbocycles. The van der Waals surface area contributed by atoms with Crippen LogP contribution in [0.4, 0.5) is 0 Å². The molecule has 3 heteroatoms.